The lowest BCUT2D eigenvalue weighted by Crippen LogP contribution is -1.99. The molecule has 90 valence electrons. The number of tetrazole rings is 1. The van der Waals surface area contributed by atoms with Crippen LogP contribution in [0.2, 0.25) is 0 Å². The van der Waals surface area contributed by atoms with Crippen molar-refractivity contribution < 1.29 is 4.74 Å². The number of hydrogen-bond acceptors (Lipinski definition) is 4. The van der Waals surface area contributed by atoms with Gasteiger partial charge in [0.05, 0.1) is 7.11 Å². The molecule has 2 rings (SSSR count). The Balaban J connectivity index is 1.70. The topological polar surface area (TPSA) is 52.8 Å². The van der Waals surface area contributed by atoms with Crippen molar-refractivity contribution >= 4 is 0 Å². The van der Waals surface area contributed by atoms with Gasteiger partial charge in [-0.3, -0.25) is 0 Å². The van der Waals surface area contributed by atoms with Gasteiger partial charge in [-0.1, -0.05) is 12.1 Å². The third-order valence-corrected chi connectivity index (χ3v) is 2.65. The van der Waals surface area contributed by atoms with E-state index in [1.807, 2.05) is 12.1 Å². The summed E-state index contributed by atoms with van der Waals surface area (Å²) in [4.78, 5) is 0. The molecule has 1 heterocycles. The number of unbranched alkanes of at least 4 members (excludes halogenated alkanes) is 1. The summed E-state index contributed by atoms with van der Waals surface area (Å²) in [6, 6.07) is 8.21. The first-order valence-corrected chi connectivity index (χ1v) is 5.72. The van der Waals surface area contributed by atoms with Gasteiger partial charge in [-0.05, 0) is 47.4 Å². The SMILES string of the molecule is COc1ccc(CCCCn2cnnn2)cc1. The molecule has 0 unspecified atom stereocenters. The molecular weight excluding hydrogens is 216 g/mol. The molecule has 1 aromatic heterocycles. The van der Waals surface area contributed by atoms with E-state index in [4.69, 9.17) is 4.74 Å². The van der Waals surface area contributed by atoms with Gasteiger partial charge in [-0.25, -0.2) is 4.68 Å². The van der Waals surface area contributed by atoms with Crippen LogP contribution in [0.1, 0.15) is 18.4 Å². The second kappa shape index (κ2) is 5.98. The molecule has 0 aliphatic rings. The van der Waals surface area contributed by atoms with Crippen molar-refractivity contribution in [2.75, 3.05) is 7.11 Å². The van der Waals surface area contributed by atoms with E-state index in [1.54, 1.807) is 18.1 Å². The number of aryl methyl sites for hydroxylation is 2. The van der Waals surface area contributed by atoms with E-state index in [0.29, 0.717) is 0 Å². The number of aromatic nitrogens is 4. The molecule has 1 aromatic carbocycles. The summed E-state index contributed by atoms with van der Waals surface area (Å²) in [7, 11) is 1.68. The molecule has 5 nitrogen and oxygen atoms in total. The van der Waals surface area contributed by atoms with Crippen LogP contribution >= 0.6 is 0 Å². The third-order valence-electron chi connectivity index (χ3n) is 2.65. The van der Waals surface area contributed by atoms with Crippen molar-refractivity contribution in [3.63, 3.8) is 0 Å². The fourth-order valence-electron chi connectivity index (χ4n) is 1.68. The van der Waals surface area contributed by atoms with Crippen molar-refractivity contribution in [2.24, 2.45) is 0 Å². The van der Waals surface area contributed by atoms with Gasteiger partial charge in [0.25, 0.3) is 0 Å². The molecule has 0 atom stereocenters. The summed E-state index contributed by atoms with van der Waals surface area (Å²) in [5.74, 6) is 0.905. The fourth-order valence-corrected chi connectivity index (χ4v) is 1.68. The van der Waals surface area contributed by atoms with Crippen LogP contribution in [0, 0.1) is 0 Å². The largest absolute Gasteiger partial charge is 0.497 e. The lowest BCUT2D eigenvalue weighted by atomic mass is 10.1. The predicted octanol–water partition coefficient (Wildman–Crippen LogP) is 1.70. The first-order valence-electron chi connectivity index (χ1n) is 5.72. The predicted molar refractivity (Wildman–Crippen MR) is 63.7 cm³/mol. The normalized spacial score (nSPS) is 10.4. The van der Waals surface area contributed by atoms with Gasteiger partial charge in [0.15, 0.2) is 0 Å². The Kier molecular flexibility index (Phi) is 4.07. The Morgan fingerprint density at radius 1 is 1.18 bits per heavy atom. The lowest BCUT2D eigenvalue weighted by molar-refractivity contribution is 0.414. The van der Waals surface area contributed by atoms with Crippen molar-refractivity contribution in [1.29, 1.82) is 0 Å². The van der Waals surface area contributed by atoms with Gasteiger partial charge in [0.2, 0.25) is 0 Å². The van der Waals surface area contributed by atoms with E-state index in [-0.39, 0.29) is 0 Å². The Labute approximate surface area is 100 Å². The molecule has 0 N–H and O–H groups in total. The maximum Gasteiger partial charge on any atom is 0.138 e. The maximum atomic E-state index is 5.12. The van der Waals surface area contributed by atoms with Crippen LogP contribution in [0.3, 0.4) is 0 Å². The lowest BCUT2D eigenvalue weighted by Gasteiger charge is -2.03. The Hall–Kier alpha value is -1.91. The highest BCUT2D eigenvalue weighted by Gasteiger charge is 1.96. The standard InChI is InChI=1S/C12H16N4O/c1-17-12-7-5-11(6-8-12)4-2-3-9-16-10-13-14-15-16/h5-8,10H,2-4,9H2,1H3. The van der Waals surface area contributed by atoms with Gasteiger partial charge < -0.3 is 4.74 Å². The molecule has 17 heavy (non-hydrogen) atoms. The second-order valence-corrected chi connectivity index (χ2v) is 3.88. The number of hydrogen-bond donors (Lipinski definition) is 0. The zero-order chi connectivity index (χ0) is 11.9. The van der Waals surface area contributed by atoms with E-state index in [0.717, 1.165) is 31.6 Å². The Morgan fingerprint density at radius 2 is 2.00 bits per heavy atom. The molecule has 0 amide bonds. The number of nitrogens with zero attached hydrogens (tertiary/aromatic N) is 4. The van der Waals surface area contributed by atoms with Crippen LogP contribution in [0.4, 0.5) is 0 Å². The quantitative estimate of drug-likeness (QED) is 0.711. The Bertz CT molecular complexity index is 424. The molecule has 2 aromatic rings. The Morgan fingerprint density at radius 3 is 2.65 bits per heavy atom. The van der Waals surface area contributed by atoms with Gasteiger partial charge in [0, 0.05) is 6.54 Å². The summed E-state index contributed by atoms with van der Waals surface area (Å²) in [6.07, 6.45) is 4.93. The van der Waals surface area contributed by atoms with Crippen LogP contribution in [0.5, 0.6) is 5.75 Å². The minimum absolute atomic E-state index is 0.878. The molecule has 0 fully saturated rings. The highest BCUT2D eigenvalue weighted by molar-refractivity contribution is 5.27. The van der Waals surface area contributed by atoms with Gasteiger partial charge in [-0.15, -0.1) is 5.10 Å². The molecule has 0 saturated carbocycles. The van der Waals surface area contributed by atoms with Crippen molar-refractivity contribution in [3.05, 3.63) is 36.2 Å². The van der Waals surface area contributed by atoms with E-state index in [2.05, 4.69) is 27.7 Å². The van der Waals surface area contributed by atoms with E-state index in [9.17, 15) is 0 Å². The first-order chi connectivity index (χ1) is 8.38. The van der Waals surface area contributed by atoms with E-state index in [1.165, 1.54) is 5.56 Å². The van der Waals surface area contributed by atoms with Gasteiger partial charge >= 0.3 is 0 Å². The molecule has 0 aliphatic carbocycles. The van der Waals surface area contributed by atoms with Crippen LogP contribution in [0.25, 0.3) is 0 Å². The number of methoxy groups -OCH3 is 1. The minimum Gasteiger partial charge on any atom is -0.497 e. The molecule has 0 spiro atoms. The van der Waals surface area contributed by atoms with Gasteiger partial charge in [-0.2, -0.15) is 0 Å². The summed E-state index contributed by atoms with van der Waals surface area (Å²) in [5.41, 5.74) is 1.34. The summed E-state index contributed by atoms with van der Waals surface area (Å²) in [5, 5.41) is 11.0. The number of rotatable bonds is 6. The molecule has 0 radical (unpaired) electrons. The van der Waals surface area contributed by atoms with Crippen molar-refractivity contribution in [1.82, 2.24) is 20.2 Å². The molecule has 0 saturated heterocycles. The molecule has 0 bridgehead atoms. The summed E-state index contributed by atoms with van der Waals surface area (Å²) < 4.78 is 6.88. The van der Waals surface area contributed by atoms with Crippen LogP contribution in [-0.2, 0) is 13.0 Å². The summed E-state index contributed by atoms with van der Waals surface area (Å²) >= 11 is 0. The zero-order valence-corrected chi connectivity index (χ0v) is 9.91. The molecule has 5 heteroatoms. The van der Waals surface area contributed by atoms with Crippen LogP contribution in [-0.4, -0.2) is 27.3 Å². The van der Waals surface area contributed by atoms with Crippen LogP contribution < -0.4 is 4.74 Å². The number of benzene rings is 1. The van der Waals surface area contributed by atoms with Gasteiger partial charge in [0.1, 0.15) is 12.1 Å². The highest BCUT2D eigenvalue weighted by atomic mass is 16.5. The monoisotopic (exact) mass is 232 g/mol. The second-order valence-electron chi connectivity index (χ2n) is 3.88. The van der Waals surface area contributed by atoms with Crippen molar-refractivity contribution in [2.45, 2.75) is 25.8 Å². The number of ether oxygens (including phenoxy) is 1. The maximum absolute atomic E-state index is 5.12. The highest BCUT2D eigenvalue weighted by Crippen LogP contribution is 2.13. The van der Waals surface area contributed by atoms with E-state index < -0.39 is 0 Å². The molecule has 0 aliphatic heterocycles. The minimum atomic E-state index is 0.878. The van der Waals surface area contributed by atoms with Crippen molar-refractivity contribution in [3.8, 4) is 5.75 Å². The fraction of sp³-hybridized carbons (Fsp3) is 0.417. The van der Waals surface area contributed by atoms with E-state index >= 15 is 0 Å². The first kappa shape index (κ1) is 11.6. The average Bonchev–Trinajstić information content (AvgIpc) is 2.88. The smallest absolute Gasteiger partial charge is 0.138 e. The average molecular weight is 232 g/mol. The van der Waals surface area contributed by atoms with Crippen LogP contribution in [0.15, 0.2) is 30.6 Å². The third kappa shape index (κ3) is 3.55. The molecular formula is C12H16N4O. The zero-order valence-electron chi connectivity index (χ0n) is 9.91. The summed E-state index contributed by atoms with van der Waals surface area (Å²) in [6.45, 7) is 0.878.